The molecular weight excluding hydrogens is 1310 g/mol. The molecule has 0 aliphatic heterocycles. The molecule has 0 aliphatic carbocycles. The number of nitro groups is 2. The highest BCUT2D eigenvalue weighted by Gasteiger charge is 2.27. The van der Waals surface area contributed by atoms with E-state index in [1.165, 1.54) is 19.5 Å². The first-order valence-corrected chi connectivity index (χ1v) is 30.7. The lowest BCUT2D eigenvalue weighted by atomic mass is 10.2. The van der Waals surface area contributed by atoms with Crippen LogP contribution in [0, 0.1) is 89.5 Å². The Morgan fingerprint density at radius 3 is 0.758 bits per heavy atom. The maximum atomic E-state index is 10.5. The van der Waals surface area contributed by atoms with Gasteiger partial charge in [0.15, 0.2) is 11.5 Å². The van der Waals surface area contributed by atoms with Crippen LogP contribution in [0.5, 0.6) is 46.0 Å². The van der Waals surface area contributed by atoms with Gasteiger partial charge in [0.05, 0.1) is 173 Å². The first-order chi connectivity index (χ1) is 47.2. The van der Waals surface area contributed by atoms with E-state index in [1.54, 1.807) is 67.4 Å². The number of halogens is 2. The smallest absolute Gasteiger partial charge is 0.350 e. The van der Waals surface area contributed by atoms with E-state index in [0.717, 1.165) is 163 Å². The minimum Gasteiger partial charge on any atom is -0.504 e. The minimum absolute atomic E-state index is 0.188. The maximum Gasteiger partial charge on any atom is 0.350 e. The summed E-state index contributed by atoms with van der Waals surface area (Å²) in [5.74, 6) is 4.34. The number of nitro benzene ring substituents is 2. The third-order valence-electron chi connectivity index (χ3n) is 14.4. The molecule has 13 aromatic rings. The van der Waals surface area contributed by atoms with Crippen molar-refractivity contribution in [2.24, 2.45) is 0 Å². The third kappa shape index (κ3) is 19.8. The predicted molar refractivity (Wildman–Crippen MR) is 382 cm³/mol. The van der Waals surface area contributed by atoms with E-state index in [-0.39, 0.29) is 5.75 Å². The van der Waals surface area contributed by atoms with E-state index < -0.39 is 27.0 Å². The van der Waals surface area contributed by atoms with Crippen LogP contribution in [-0.2, 0) is 0 Å². The molecule has 0 fully saturated rings. The molecule has 0 amide bonds. The molecule has 0 aliphatic rings. The highest BCUT2D eigenvalue weighted by Crippen LogP contribution is 2.38. The summed E-state index contributed by atoms with van der Waals surface area (Å²) in [6.45, 7) is 19.7. The average molecular weight is 1380 g/mol. The lowest BCUT2D eigenvalue weighted by molar-refractivity contribution is -0.422. The van der Waals surface area contributed by atoms with Crippen molar-refractivity contribution in [1.29, 1.82) is 0 Å². The fourth-order valence-corrected chi connectivity index (χ4v) is 9.79. The van der Waals surface area contributed by atoms with Gasteiger partial charge in [-0.15, -0.1) is 0 Å². The van der Waals surface area contributed by atoms with E-state index in [4.69, 9.17) is 51.6 Å². The monoisotopic (exact) mass is 1380 g/mol. The minimum atomic E-state index is -0.947. The number of methoxy groups -OCH3 is 7. The molecule has 1 N–H and O–H groups in total. The molecular formula is C71H72Cl2N14O12. The molecule has 28 heteroatoms. The number of rotatable bonds is 9. The Balaban J connectivity index is 0.000000162. The van der Waals surface area contributed by atoms with Gasteiger partial charge in [0, 0.05) is 61.2 Å². The van der Waals surface area contributed by atoms with Crippen molar-refractivity contribution in [3.63, 3.8) is 0 Å². The van der Waals surface area contributed by atoms with Crippen LogP contribution in [0.3, 0.4) is 0 Å². The van der Waals surface area contributed by atoms with E-state index in [2.05, 4.69) is 64.5 Å². The highest BCUT2D eigenvalue weighted by atomic mass is 35.5. The molecule has 0 bridgehead atoms. The first kappa shape index (κ1) is 74.8. The number of phenols is 1. The Labute approximate surface area is 579 Å². The Hall–Kier alpha value is -11.6. The summed E-state index contributed by atoms with van der Waals surface area (Å²) in [5.41, 5.74) is 18.9. The predicted octanol–water partition coefficient (Wildman–Crippen LogP) is 15.4. The fraction of sp³-hybridized carbons (Fsp3) is 0.239. The maximum absolute atomic E-state index is 10.5. The van der Waals surface area contributed by atoms with Crippen LogP contribution < -0.4 is 33.2 Å². The molecule has 0 spiro atoms. The molecule has 99 heavy (non-hydrogen) atoms. The number of nitrogens with zero attached hydrogens (tertiary/aromatic N) is 14. The molecule has 6 aromatic heterocycles. The number of aromatic nitrogens is 12. The van der Waals surface area contributed by atoms with Crippen LogP contribution in [0.15, 0.2) is 122 Å². The number of phenolic OH excluding ortho intramolecular Hbond substituents is 1. The van der Waals surface area contributed by atoms with Crippen molar-refractivity contribution in [1.82, 2.24) is 59.8 Å². The van der Waals surface area contributed by atoms with Gasteiger partial charge in [0.25, 0.3) is 0 Å². The van der Waals surface area contributed by atoms with E-state index in [9.17, 15) is 25.3 Å². The Bertz CT molecular complexity index is 4660. The van der Waals surface area contributed by atoms with Crippen LogP contribution in [0.4, 0.5) is 11.4 Å². The molecule has 0 saturated heterocycles. The van der Waals surface area contributed by atoms with Gasteiger partial charge in [-0.1, -0.05) is 23.2 Å². The molecule has 6 heterocycles. The topological polar surface area (TPSA) is 326 Å². The number of hydrogen-bond donors (Lipinski definition) is 1. The van der Waals surface area contributed by atoms with E-state index in [1.807, 2.05) is 142 Å². The molecule has 7 aromatic carbocycles. The molecule has 0 radical (unpaired) electrons. The second-order valence-corrected chi connectivity index (χ2v) is 22.6. The van der Waals surface area contributed by atoms with Gasteiger partial charge in [-0.2, -0.15) is 0 Å². The molecule has 13 rings (SSSR count). The van der Waals surface area contributed by atoms with Gasteiger partial charge < -0.3 is 38.3 Å². The summed E-state index contributed by atoms with van der Waals surface area (Å²) in [6, 6.07) is 24.6. The second kappa shape index (κ2) is 34.3. The largest absolute Gasteiger partial charge is 0.504 e. The summed E-state index contributed by atoms with van der Waals surface area (Å²) < 4.78 is 35.8. The van der Waals surface area contributed by atoms with Crippen molar-refractivity contribution < 1.29 is 48.1 Å². The summed E-state index contributed by atoms with van der Waals surface area (Å²) in [5, 5.41) is 30.9. The molecule has 0 atom stereocenters. The molecule has 26 nitrogen and oxygen atoms in total. The Morgan fingerprint density at radius 1 is 0.293 bits per heavy atom. The molecule has 0 unspecified atom stereocenters. The SMILES string of the molecule is COc1cc([N+](=O)[O-])c([N+](=O)[O-])cc1O.COc1cc2nc(C)cnc2cc1C.COc1cc2nc(C)cnc2cc1C.COc1cc2nc(Cl)cnc2cc1C.COc1cc2ncc(C)nc2cc1C.COc1cc2ncc(C)nc2cc1C.COc1cc2ncc(Cl)nc2cc1C. The third-order valence-corrected chi connectivity index (χ3v) is 14.8. The van der Waals surface area contributed by atoms with Crippen LogP contribution in [-0.4, -0.2) is 125 Å². The summed E-state index contributed by atoms with van der Waals surface area (Å²) in [7, 11) is 11.1. The number of hydrogen-bond acceptors (Lipinski definition) is 24. The van der Waals surface area contributed by atoms with Crippen molar-refractivity contribution in [2.45, 2.75) is 69.2 Å². The van der Waals surface area contributed by atoms with Gasteiger partial charge in [-0.3, -0.25) is 50.1 Å². The first-order valence-electron chi connectivity index (χ1n) is 30.0. The number of aromatic hydroxyl groups is 1. The van der Waals surface area contributed by atoms with Crippen LogP contribution in [0.25, 0.3) is 66.2 Å². The van der Waals surface area contributed by atoms with Gasteiger partial charge in [0.2, 0.25) is 0 Å². The van der Waals surface area contributed by atoms with Crippen LogP contribution in [0.1, 0.15) is 56.2 Å². The summed E-state index contributed by atoms with van der Waals surface area (Å²) >= 11 is 11.5. The molecule has 512 valence electrons. The van der Waals surface area contributed by atoms with Crippen molar-refractivity contribution in [3.05, 3.63) is 209 Å². The summed E-state index contributed by atoms with van der Waals surface area (Å²) in [6.07, 6.45) is 10.1. The summed E-state index contributed by atoms with van der Waals surface area (Å²) in [4.78, 5) is 70.4. The lowest BCUT2D eigenvalue weighted by Crippen LogP contribution is -1.97. The normalized spacial score (nSPS) is 10.4. The zero-order chi connectivity index (χ0) is 72.4. The van der Waals surface area contributed by atoms with Gasteiger partial charge in [-0.25, -0.2) is 29.9 Å². The van der Waals surface area contributed by atoms with E-state index >= 15 is 0 Å². The number of ether oxygens (including phenoxy) is 7. The van der Waals surface area contributed by atoms with Crippen LogP contribution >= 0.6 is 23.2 Å². The van der Waals surface area contributed by atoms with Gasteiger partial charge in [-0.05, 0) is 139 Å². The molecule has 0 saturated carbocycles. The van der Waals surface area contributed by atoms with Gasteiger partial charge >= 0.3 is 11.4 Å². The standard InChI is InChI=1S/4C11H12N2O.2C10H9ClN2O.C7H6N2O6/c2*1-7-4-10-9(5-11(7)14-3)12-6-8(2)13-10;2*1-7-4-9-10(5-11(7)14-3)13-8(2)6-12-9;1-6-3-8-7(4-9(6)14-2)12-5-10(11)13-8;1-6-3-7-8(4-9(6)14-2)13-10(11)5-12-7;1-15-7-3-5(9(13)14)4(8(11)12)2-6(7)10/h4*4-6H,1-3H3;2*3-5H,1-2H3;2-3,10H,1H3. The number of fused-ring (bicyclic) bond motifs is 6. The number of benzene rings is 7. The number of aryl methyl sites for hydroxylation is 10. The zero-order valence-corrected chi connectivity index (χ0v) is 59.0. The fourth-order valence-electron chi connectivity index (χ4n) is 9.51. The van der Waals surface area contributed by atoms with Crippen molar-refractivity contribution >= 4 is 101 Å². The highest BCUT2D eigenvalue weighted by molar-refractivity contribution is 6.29. The van der Waals surface area contributed by atoms with Crippen LogP contribution in [0.2, 0.25) is 10.3 Å². The average Bonchev–Trinajstić information content (AvgIpc) is 0.886. The Kier molecular flexibility index (Phi) is 25.9. The second-order valence-electron chi connectivity index (χ2n) is 21.8. The quantitative estimate of drug-likeness (QED) is 0.104. The van der Waals surface area contributed by atoms with Crippen molar-refractivity contribution in [2.75, 3.05) is 49.8 Å². The van der Waals surface area contributed by atoms with Gasteiger partial charge in [0.1, 0.15) is 44.8 Å². The lowest BCUT2D eigenvalue weighted by Gasteiger charge is -2.05. The Morgan fingerprint density at radius 2 is 0.495 bits per heavy atom. The van der Waals surface area contributed by atoms with Crippen molar-refractivity contribution in [3.8, 4) is 46.0 Å². The zero-order valence-electron chi connectivity index (χ0n) is 57.5. The van der Waals surface area contributed by atoms with E-state index in [0.29, 0.717) is 16.4 Å².